The third kappa shape index (κ3) is 2.80. The van der Waals surface area contributed by atoms with Crippen LogP contribution in [0.2, 0.25) is 5.02 Å². The second-order valence-electron chi connectivity index (χ2n) is 2.55. The molecule has 1 rings (SSSR count). The molecule has 0 aliphatic rings. The first kappa shape index (κ1) is 11.7. The van der Waals surface area contributed by atoms with Gasteiger partial charge in [-0.25, -0.2) is 22.3 Å². The molecule has 0 atom stereocenters. The van der Waals surface area contributed by atoms with Crippen molar-refractivity contribution in [2.45, 2.75) is 4.90 Å². The Balaban J connectivity index is 3.17. The predicted octanol–water partition coefficient (Wildman–Crippen LogP) is 0.836. The predicted molar refractivity (Wildman–Crippen MR) is 51.3 cm³/mol. The van der Waals surface area contributed by atoms with Crippen molar-refractivity contribution in [3.63, 3.8) is 0 Å². The van der Waals surface area contributed by atoms with Crippen molar-refractivity contribution >= 4 is 27.7 Å². The van der Waals surface area contributed by atoms with Crippen LogP contribution < -0.4 is 10.5 Å². The van der Waals surface area contributed by atoms with Crippen molar-refractivity contribution in [1.82, 2.24) is 4.72 Å². The van der Waals surface area contributed by atoms with E-state index in [0.29, 0.717) is 0 Å². The van der Waals surface area contributed by atoms with Crippen LogP contribution in [0.25, 0.3) is 0 Å². The zero-order valence-electron chi connectivity index (χ0n) is 7.20. The Bertz CT molecular complexity index is 503. The van der Waals surface area contributed by atoms with Gasteiger partial charge in [0.05, 0.1) is 9.92 Å². The summed E-state index contributed by atoms with van der Waals surface area (Å²) in [4.78, 5) is 10.0. The third-order valence-corrected chi connectivity index (χ3v) is 3.07. The van der Waals surface area contributed by atoms with Crippen LogP contribution in [0.1, 0.15) is 0 Å². The van der Waals surface area contributed by atoms with Crippen LogP contribution >= 0.6 is 11.6 Å². The first-order valence-corrected chi connectivity index (χ1v) is 5.46. The fraction of sp³-hybridized carbons (Fsp3) is 0. The number of halogens is 2. The summed E-state index contributed by atoms with van der Waals surface area (Å²) in [6.45, 7) is 0. The number of nitrogens with two attached hydrogens (primary N) is 1. The molecule has 0 spiro atoms. The highest BCUT2D eigenvalue weighted by Crippen LogP contribution is 2.18. The molecule has 15 heavy (non-hydrogen) atoms. The highest BCUT2D eigenvalue weighted by molar-refractivity contribution is 7.90. The number of sulfonamides is 1. The van der Waals surface area contributed by atoms with Crippen LogP contribution in [-0.4, -0.2) is 14.4 Å². The molecular formula is C7H6ClFN2O3S. The number of carbonyl (C=O) groups excluding carboxylic acids is 1. The molecule has 0 aliphatic heterocycles. The molecule has 0 fully saturated rings. The molecule has 82 valence electrons. The minimum atomic E-state index is -4.07. The summed E-state index contributed by atoms with van der Waals surface area (Å²) in [6.07, 6.45) is 0. The van der Waals surface area contributed by atoms with Crippen LogP contribution in [0, 0.1) is 5.82 Å². The summed E-state index contributed by atoms with van der Waals surface area (Å²) in [5.74, 6) is -0.755. The molecule has 5 nitrogen and oxygen atoms in total. The number of urea groups is 1. The van der Waals surface area contributed by atoms with Crippen molar-refractivity contribution in [2.24, 2.45) is 5.73 Å². The van der Waals surface area contributed by atoms with Crippen LogP contribution in [0.4, 0.5) is 9.18 Å². The van der Waals surface area contributed by atoms with Gasteiger partial charge < -0.3 is 5.73 Å². The van der Waals surface area contributed by atoms with E-state index in [1.807, 2.05) is 0 Å². The largest absolute Gasteiger partial charge is 0.351 e. The maximum absolute atomic E-state index is 12.7. The van der Waals surface area contributed by atoms with Crippen LogP contribution in [0.5, 0.6) is 0 Å². The van der Waals surface area contributed by atoms with Gasteiger partial charge in [-0.1, -0.05) is 11.6 Å². The van der Waals surface area contributed by atoms with Gasteiger partial charge in [-0.15, -0.1) is 0 Å². The highest BCUT2D eigenvalue weighted by Gasteiger charge is 2.17. The number of hydrogen-bond acceptors (Lipinski definition) is 3. The van der Waals surface area contributed by atoms with E-state index in [-0.39, 0.29) is 9.92 Å². The fourth-order valence-electron chi connectivity index (χ4n) is 0.835. The molecule has 0 heterocycles. The highest BCUT2D eigenvalue weighted by atomic mass is 35.5. The molecule has 2 amide bonds. The van der Waals surface area contributed by atoms with Crippen LogP contribution in [0.15, 0.2) is 23.1 Å². The first-order chi connectivity index (χ1) is 6.83. The summed E-state index contributed by atoms with van der Waals surface area (Å²) in [5, 5.41) is -0.359. The lowest BCUT2D eigenvalue weighted by molar-refractivity contribution is 0.253. The maximum Gasteiger partial charge on any atom is 0.326 e. The normalized spacial score (nSPS) is 11.1. The van der Waals surface area contributed by atoms with Crippen molar-refractivity contribution in [3.8, 4) is 0 Å². The smallest absolute Gasteiger partial charge is 0.326 e. The van der Waals surface area contributed by atoms with Gasteiger partial charge in [0.15, 0.2) is 0 Å². The Morgan fingerprint density at radius 1 is 1.47 bits per heavy atom. The third-order valence-electron chi connectivity index (χ3n) is 1.44. The summed E-state index contributed by atoms with van der Waals surface area (Å²) in [7, 11) is -4.07. The van der Waals surface area contributed by atoms with Crippen molar-refractivity contribution < 1.29 is 17.6 Å². The summed E-state index contributed by atoms with van der Waals surface area (Å²) >= 11 is 5.37. The van der Waals surface area contributed by atoms with E-state index in [1.54, 1.807) is 0 Å². The number of benzene rings is 1. The van der Waals surface area contributed by atoms with Gasteiger partial charge in [0, 0.05) is 0 Å². The van der Waals surface area contributed by atoms with Crippen molar-refractivity contribution in [3.05, 3.63) is 29.0 Å². The van der Waals surface area contributed by atoms with Crippen molar-refractivity contribution in [1.29, 1.82) is 0 Å². The summed E-state index contributed by atoms with van der Waals surface area (Å²) in [5.41, 5.74) is 4.65. The minimum absolute atomic E-state index is 0.340. The Labute approximate surface area is 90.1 Å². The SMILES string of the molecule is NC(=O)NS(=O)(=O)c1ccc(F)c(Cl)c1. The molecule has 0 aliphatic carbocycles. The zero-order valence-corrected chi connectivity index (χ0v) is 8.77. The second-order valence-corrected chi connectivity index (χ2v) is 4.64. The van der Waals surface area contributed by atoms with E-state index in [1.165, 1.54) is 4.72 Å². The maximum atomic E-state index is 12.7. The molecule has 0 unspecified atom stereocenters. The van der Waals surface area contributed by atoms with E-state index in [9.17, 15) is 17.6 Å². The fourth-order valence-corrected chi connectivity index (χ4v) is 1.98. The second kappa shape index (κ2) is 4.03. The summed E-state index contributed by atoms with van der Waals surface area (Å²) < 4.78 is 36.8. The van der Waals surface area contributed by atoms with Crippen LogP contribution in [-0.2, 0) is 10.0 Å². The standard InChI is InChI=1S/C7H6ClFN2O3S/c8-5-3-4(1-2-6(5)9)15(13,14)11-7(10)12/h1-3H,(H3,10,11,12). The van der Waals surface area contributed by atoms with Crippen molar-refractivity contribution in [2.75, 3.05) is 0 Å². The topological polar surface area (TPSA) is 89.3 Å². The minimum Gasteiger partial charge on any atom is -0.351 e. The van der Waals surface area contributed by atoms with Crippen LogP contribution in [0.3, 0.4) is 0 Å². The lowest BCUT2D eigenvalue weighted by Gasteiger charge is -2.04. The van der Waals surface area contributed by atoms with E-state index < -0.39 is 21.9 Å². The Kier molecular flexibility index (Phi) is 3.15. The lowest BCUT2D eigenvalue weighted by Crippen LogP contribution is -2.34. The molecule has 1 aromatic rings. The molecule has 0 saturated heterocycles. The van der Waals surface area contributed by atoms with Gasteiger partial charge in [-0.3, -0.25) is 0 Å². The molecule has 8 heteroatoms. The van der Waals surface area contributed by atoms with E-state index in [4.69, 9.17) is 11.6 Å². The van der Waals surface area contributed by atoms with Gasteiger partial charge in [-0.2, -0.15) is 0 Å². The average molecular weight is 253 g/mol. The number of rotatable bonds is 2. The molecule has 0 bridgehead atoms. The molecular weight excluding hydrogens is 247 g/mol. The monoisotopic (exact) mass is 252 g/mol. The van der Waals surface area contributed by atoms with Gasteiger partial charge in [0.1, 0.15) is 5.82 Å². The Hall–Kier alpha value is -1.34. The zero-order chi connectivity index (χ0) is 11.6. The number of carbonyl (C=O) groups is 1. The van der Waals surface area contributed by atoms with Gasteiger partial charge in [0.2, 0.25) is 0 Å². The quantitative estimate of drug-likeness (QED) is 0.817. The molecule has 1 aromatic carbocycles. The van der Waals surface area contributed by atoms with E-state index in [2.05, 4.69) is 5.73 Å². The first-order valence-electron chi connectivity index (χ1n) is 3.60. The lowest BCUT2D eigenvalue weighted by atomic mass is 10.3. The van der Waals surface area contributed by atoms with Gasteiger partial charge >= 0.3 is 6.03 Å². The Morgan fingerprint density at radius 3 is 2.53 bits per heavy atom. The number of amides is 2. The van der Waals surface area contributed by atoms with E-state index in [0.717, 1.165) is 18.2 Å². The number of primary amides is 1. The van der Waals surface area contributed by atoms with Gasteiger partial charge in [0.25, 0.3) is 10.0 Å². The molecule has 0 saturated carbocycles. The number of nitrogens with one attached hydrogen (secondary N) is 1. The molecule has 3 N–H and O–H groups in total. The Morgan fingerprint density at radius 2 is 2.07 bits per heavy atom. The molecule has 0 aromatic heterocycles. The average Bonchev–Trinajstić information content (AvgIpc) is 2.07. The van der Waals surface area contributed by atoms with Gasteiger partial charge in [-0.05, 0) is 18.2 Å². The number of hydrogen-bond donors (Lipinski definition) is 2. The van der Waals surface area contributed by atoms with E-state index >= 15 is 0 Å². The summed E-state index contributed by atoms with van der Waals surface area (Å²) in [6, 6.07) is 1.49. The molecule has 0 radical (unpaired) electrons.